The Morgan fingerprint density at radius 3 is 1.85 bits per heavy atom. The molecule has 2 heterocycles. The third-order valence-corrected chi connectivity index (χ3v) is 8.34. The second-order valence-corrected chi connectivity index (χ2v) is 13.1. The summed E-state index contributed by atoms with van der Waals surface area (Å²) in [4.78, 5) is 61.5. The summed E-state index contributed by atoms with van der Waals surface area (Å²) in [6, 6.07) is 12.3. The molecule has 5 rings (SSSR count). The Morgan fingerprint density at radius 1 is 0.782 bits per heavy atom. The van der Waals surface area contributed by atoms with Crippen molar-refractivity contribution in [3.8, 4) is 11.5 Å². The minimum Gasteiger partial charge on any atom is -0.480 e. The number of rotatable bonds is 7. The number of Topliss-reactive ketones (excluding diaryl/α,β-unsaturated/α-hetero) is 1. The highest BCUT2D eigenvalue weighted by molar-refractivity contribution is 6.04. The number of benzene rings is 3. The molecule has 0 fully saturated rings. The molecular weight excluding hydrogens is 746 g/mol. The van der Waals surface area contributed by atoms with Gasteiger partial charge in [0.2, 0.25) is 0 Å². The minimum absolute atomic E-state index is 0.0421. The number of carbonyl (C=O) groups excluding carboxylic acids is 5. The van der Waals surface area contributed by atoms with Gasteiger partial charge in [0.25, 0.3) is 5.91 Å². The number of ether oxygens (including phenoxy) is 5. The number of carbonyl (C=O) groups is 5. The molecule has 55 heavy (non-hydrogen) atoms. The van der Waals surface area contributed by atoms with E-state index in [-0.39, 0.29) is 54.7 Å². The van der Waals surface area contributed by atoms with E-state index >= 15 is 0 Å². The standard InChI is InChI=1S/C23H23F3N2O6.C14H13F3O4/c1-22(2)20(30)28(10-9-27-21(31)33-13-14-7-5-4-6-8-14)17-11-15(19(29)32-3)16(23(24,25)26)12-18(17)34-22;1-13(2)11(18)5-7-4-8(12(19)20-3)9(14(15,16)17)6-10(7)21-13/h4-8,11-12H,9-10,13H2,1-3H3,(H,27,31);4,6H,5H2,1-3H3. The van der Waals surface area contributed by atoms with E-state index in [1.165, 1.54) is 27.7 Å². The van der Waals surface area contributed by atoms with Gasteiger partial charge < -0.3 is 33.9 Å². The Morgan fingerprint density at radius 2 is 1.31 bits per heavy atom. The van der Waals surface area contributed by atoms with Crippen LogP contribution in [0.1, 0.15) is 70.7 Å². The van der Waals surface area contributed by atoms with Crippen molar-refractivity contribution in [3.63, 3.8) is 0 Å². The van der Waals surface area contributed by atoms with Gasteiger partial charge in [-0.05, 0) is 57.5 Å². The molecule has 0 aromatic heterocycles. The number of fused-ring (bicyclic) bond motifs is 2. The molecule has 18 heteroatoms. The largest absolute Gasteiger partial charge is 0.480 e. The molecular formula is C37H36F6N2O10. The van der Waals surface area contributed by atoms with Crippen molar-refractivity contribution in [3.05, 3.63) is 88.0 Å². The number of hydrogen-bond donors (Lipinski definition) is 1. The van der Waals surface area contributed by atoms with E-state index in [0.29, 0.717) is 6.07 Å². The van der Waals surface area contributed by atoms with E-state index in [0.717, 1.165) is 42.9 Å². The number of nitrogens with zero attached hydrogens (tertiary/aromatic N) is 1. The molecule has 0 radical (unpaired) electrons. The highest BCUT2D eigenvalue weighted by atomic mass is 19.4. The van der Waals surface area contributed by atoms with Crippen LogP contribution in [-0.2, 0) is 49.2 Å². The minimum atomic E-state index is -4.86. The molecule has 2 aliphatic heterocycles. The Kier molecular flexibility index (Phi) is 12.1. The van der Waals surface area contributed by atoms with Crippen molar-refractivity contribution in [1.82, 2.24) is 5.32 Å². The summed E-state index contributed by atoms with van der Waals surface area (Å²) in [6.45, 7) is 5.67. The number of alkyl halides is 6. The van der Waals surface area contributed by atoms with E-state index in [4.69, 9.17) is 14.2 Å². The quantitative estimate of drug-likeness (QED) is 0.156. The number of ketones is 1. The van der Waals surface area contributed by atoms with Gasteiger partial charge in [0.1, 0.15) is 18.1 Å². The van der Waals surface area contributed by atoms with Gasteiger partial charge in [0.15, 0.2) is 17.0 Å². The number of amides is 2. The average Bonchev–Trinajstić information content (AvgIpc) is 3.11. The molecule has 296 valence electrons. The van der Waals surface area contributed by atoms with Gasteiger partial charge in [-0.25, -0.2) is 14.4 Å². The van der Waals surface area contributed by atoms with Crippen LogP contribution >= 0.6 is 0 Å². The van der Waals surface area contributed by atoms with Crippen LogP contribution in [0, 0.1) is 0 Å². The van der Waals surface area contributed by atoms with Crippen molar-refractivity contribution in [2.24, 2.45) is 0 Å². The molecule has 0 saturated heterocycles. The number of alkyl carbamates (subject to hydrolysis) is 1. The van der Waals surface area contributed by atoms with Crippen LogP contribution in [0.4, 0.5) is 36.8 Å². The van der Waals surface area contributed by atoms with Gasteiger partial charge in [0, 0.05) is 25.1 Å². The van der Waals surface area contributed by atoms with Crippen molar-refractivity contribution >= 4 is 35.4 Å². The molecule has 0 unspecified atom stereocenters. The maximum Gasteiger partial charge on any atom is 0.417 e. The van der Waals surface area contributed by atoms with Crippen LogP contribution in [0.5, 0.6) is 11.5 Å². The highest BCUT2D eigenvalue weighted by Gasteiger charge is 2.45. The highest BCUT2D eigenvalue weighted by Crippen LogP contribution is 2.44. The summed E-state index contributed by atoms with van der Waals surface area (Å²) >= 11 is 0. The summed E-state index contributed by atoms with van der Waals surface area (Å²) in [5.41, 5.74) is -5.45. The van der Waals surface area contributed by atoms with Crippen molar-refractivity contribution in [1.29, 1.82) is 0 Å². The van der Waals surface area contributed by atoms with Crippen LogP contribution < -0.4 is 19.7 Å². The lowest BCUT2D eigenvalue weighted by molar-refractivity contribution is -0.139. The predicted octanol–water partition coefficient (Wildman–Crippen LogP) is 6.70. The number of nitrogens with one attached hydrogen (secondary N) is 1. The summed E-state index contributed by atoms with van der Waals surface area (Å²) < 4.78 is 105. The Labute approximate surface area is 310 Å². The molecule has 0 aliphatic carbocycles. The normalized spacial score (nSPS) is 15.5. The van der Waals surface area contributed by atoms with Crippen LogP contribution in [-0.4, -0.2) is 68.2 Å². The SMILES string of the molecule is COC(=O)c1cc2c(cc1C(F)(F)F)OC(C)(C)C(=O)C2.COC(=O)c1cc2c(cc1C(F)(F)F)OC(C)(C)C(=O)N2CCNC(=O)OCc1ccccc1. The van der Waals surface area contributed by atoms with Crippen molar-refractivity contribution < 1.29 is 74.0 Å². The van der Waals surface area contributed by atoms with E-state index in [2.05, 4.69) is 14.8 Å². The Hall–Kier alpha value is -5.81. The smallest absolute Gasteiger partial charge is 0.417 e. The van der Waals surface area contributed by atoms with Crippen LogP contribution in [0.25, 0.3) is 0 Å². The molecule has 1 N–H and O–H groups in total. The number of esters is 2. The predicted molar refractivity (Wildman–Crippen MR) is 181 cm³/mol. The number of methoxy groups -OCH3 is 2. The van der Waals surface area contributed by atoms with Crippen LogP contribution in [0.15, 0.2) is 54.6 Å². The molecule has 2 aliphatic rings. The first-order valence-corrected chi connectivity index (χ1v) is 16.3. The molecule has 0 spiro atoms. The maximum atomic E-state index is 13.6. The van der Waals surface area contributed by atoms with Gasteiger partial charge in [-0.1, -0.05) is 30.3 Å². The fourth-order valence-corrected chi connectivity index (χ4v) is 5.48. The number of hydrogen-bond acceptors (Lipinski definition) is 10. The molecule has 3 aromatic rings. The van der Waals surface area contributed by atoms with Gasteiger partial charge in [-0.15, -0.1) is 0 Å². The second kappa shape index (κ2) is 15.9. The fraction of sp³-hybridized carbons (Fsp3) is 0.378. The topological polar surface area (TPSA) is 147 Å². The van der Waals surface area contributed by atoms with Gasteiger partial charge in [-0.2, -0.15) is 26.3 Å². The molecule has 2 amide bonds. The summed E-state index contributed by atoms with van der Waals surface area (Å²) in [5, 5.41) is 2.50. The van der Waals surface area contributed by atoms with Crippen LogP contribution in [0.3, 0.4) is 0 Å². The molecule has 0 bridgehead atoms. The van der Waals surface area contributed by atoms with E-state index in [1.54, 1.807) is 24.3 Å². The third-order valence-electron chi connectivity index (χ3n) is 8.34. The summed E-state index contributed by atoms with van der Waals surface area (Å²) in [6.07, 6.45) is -10.4. The molecule has 12 nitrogen and oxygen atoms in total. The number of halogens is 6. The summed E-state index contributed by atoms with van der Waals surface area (Å²) in [7, 11) is 1.95. The molecule has 0 saturated carbocycles. The first-order valence-electron chi connectivity index (χ1n) is 16.3. The monoisotopic (exact) mass is 782 g/mol. The zero-order chi connectivity index (χ0) is 41.1. The van der Waals surface area contributed by atoms with Gasteiger partial charge >= 0.3 is 30.4 Å². The lowest BCUT2D eigenvalue weighted by Crippen LogP contribution is -2.54. The van der Waals surface area contributed by atoms with E-state index in [1.807, 2.05) is 6.07 Å². The van der Waals surface area contributed by atoms with Crippen molar-refractivity contribution in [2.75, 3.05) is 32.2 Å². The van der Waals surface area contributed by atoms with Gasteiger partial charge in [0.05, 0.1) is 42.2 Å². The third kappa shape index (κ3) is 9.66. The fourth-order valence-electron chi connectivity index (χ4n) is 5.48. The molecule has 0 atom stereocenters. The zero-order valence-electron chi connectivity index (χ0n) is 30.3. The van der Waals surface area contributed by atoms with E-state index in [9.17, 15) is 50.3 Å². The summed E-state index contributed by atoms with van der Waals surface area (Å²) in [5.74, 6) is -3.42. The van der Waals surface area contributed by atoms with Crippen LogP contribution in [0.2, 0.25) is 0 Å². The van der Waals surface area contributed by atoms with Crippen molar-refractivity contribution in [2.45, 2.75) is 64.3 Å². The first kappa shape index (κ1) is 41.9. The van der Waals surface area contributed by atoms with E-state index < -0.39 is 69.7 Å². The Bertz CT molecular complexity index is 1980. The first-order chi connectivity index (χ1) is 25.5. The number of anilines is 1. The van der Waals surface area contributed by atoms with Gasteiger partial charge in [-0.3, -0.25) is 9.59 Å². The zero-order valence-corrected chi connectivity index (χ0v) is 30.3. The Balaban J connectivity index is 0.000000274. The maximum absolute atomic E-state index is 13.6. The lowest BCUT2D eigenvalue weighted by Gasteiger charge is -2.39. The average molecular weight is 783 g/mol. The second-order valence-electron chi connectivity index (χ2n) is 13.1. The molecule has 3 aromatic carbocycles. The lowest BCUT2D eigenvalue weighted by atomic mass is 9.90.